The number of aryl methyl sites for hydroxylation is 1. The van der Waals surface area contributed by atoms with Crippen molar-refractivity contribution >= 4 is 44.8 Å². The molecule has 0 atom stereocenters. The zero-order valence-electron chi connectivity index (χ0n) is 36.4. The first-order valence-corrected chi connectivity index (χ1v) is 22.2. The van der Waals surface area contributed by atoms with Gasteiger partial charge < -0.3 is 9.97 Å². The Hall–Kier alpha value is -4.51. The predicted molar refractivity (Wildman–Crippen MR) is 232 cm³/mol. The molecular formula is C49H46IrN2SSi-2. The zero-order valence-corrected chi connectivity index (χ0v) is 35.6. The summed E-state index contributed by atoms with van der Waals surface area (Å²) < 4.78 is 42.6. The summed E-state index contributed by atoms with van der Waals surface area (Å²) in [6.07, 6.45) is 2.16. The normalized spacial score (nSPS) is 13.4. The average molecular weight is 920 g/mol. The van der Waals surface area contributed by atoms with Gasteiger partial charge in [0.25, 0.3) is 0 Å². The molecule has 3 heterocycles. The van der Waals surface area contributed by atoms with Crippen LogP contribution in [0.3, 0.4) is 0 Å². The SMILES string of the molecule is [2H]C([2H])([2H])c1c[c-]c(-c2cc(C([2H])([2H])C(C)(C)C)c([Si](C)(C)C)cn2)cc1.[Ir].[c-]1ccc2c(sc3cc(-c4ccccc4)ccc32)c1-c1cc(-c2ccccc2)ccn1. The van der Waals surface area contributed by atoms with Gasteiger partial charge in [-0.15, -0.1) is 59.2 Å². The van der Waals surface area contributed by atoms with Crippen molar-refractivity contribution in [3.63, 3.8) is 0 Å². The van der Waals surface area contributed by atoms with E-state index in [9.17, 15) is 0 Å². The third kappa shape index (κ3) is 9.05. The molecule has 8 aromatic rings. The first-order valence-electron chi connectivity index (χ1n) is 20.4. The molecule has 0 saturated heterocycles. The Morgan fingerprint density at radius 1 is 0.722 bits per heavy atom. The van der Waals surface area contributed by atoms with Crippen LogP contribution in [0.15, 0.2) is 140 Å². The molecule has 5 heteroatoms. The molecule has 0 amide bonds. The minimum Gasteiger partial charge on any atom is -0.305 e. The Kier molecular flexibility index (Phi) is 10.0. The largest absolute Gasteiger partial charge is 0.305 e. The number of benzene rings is 5. The molecule has 0 fully saturated rings. The van der Waals surface area contributed by atoms with Gasteiger partial charge in [0.15, 0.2) is 0 Å². The third-order valence-electron chi connectivity index (χ3n) is 8.97. The van der Waals surface area contributed by atoms with E-state index in [1.54, 1.807) is 18.3 Å². The van der Waals surface area contributed by atoms with Gasteiger partial charge in [-0.05, 0) is 72.8 Å². The van der Waals surface area contributed by atoms with Crippen LogP contribution >= 0.6 is 11.3 Å². The summed E-state index contributed by atoms with van der Waals surface area (Å²) in [6, 6.07) is 49.2. The van der Waals surface area contributed by atoms with E-state index in [1.807, 2.05) is 56.5 Å². The number of hydrogen-bond acceptors (Lipinski definition) is 3. The van der Waals surface area contributed by atoms with Crippen LogP contribution in [0.4, 0.5) is 0 Å². The van der Waals surface area contributed by atoms with E-state index >= 15 is 0 Å². The molecule has 0 aliphatic carbocycles. The van der Waals surface area contributed by atoms with Crippen molar-refractivity contribution in [1.82, 2.24) is 9.97 Å². The number of aromatic nitrogens is 2. The van der Waals surface area contributed by atoms with Gasteiger partial charge in [-0.3, -0.25) is 0 Å². The molecule has 0 spiro atoms. The van der Waals surface area contributed by atoms with E-state index < -0.39 is 26.7 Å². The van der Waals surface area contributed by atoms with Crippen molar-refractivity contribution in [3.05, 3.63) is 163 Å². The maximum atomic E-state index is 8.79. The second-order valence-corrected chi connectivity index (χ2v) is 21.4. The minimum atomic E-state index is -2.17. The molecule has 0 aliphatic rings. The average Bonchev–Trinajstić information content (AvgIpc) is 3.59. The second kappa shape index (κ2) is 16.5. The number of rotatable bonds is 6. The Balaban J connectivity index is 0.000000198. The molecule has 273 valence electrons. The second-order valence-electron chi connectivity index (χ2n) is 15.3. The fourth-order valence-corrected chi connectivity index (χ4v) is 9.05. The van der Waals surface area contributed by atoms with E-state index in [2.05, 4.69) is 128 Å². The van der Waals surface area contributed by atoms with Crippen LogP contribution in [-0.4, -0.2) is 18.0 Å². The Bertz CT molecular complexity index is 2700. The number of thiophene rings is 1. The Labute approximate surface area is 346 Å². The van der Waals surface area contributed by atoms with Gasteiger partial charge in [0.05, 0.1) is 8.07 Å². The maximum absolute atomic E-state index is 8.79. The van der Waals surface area contributed by atoms with Crippen molar-refractivity contribution in [2.45, 2.75) is 53.6 Å². The van der Waals surface area contributed by atoms with Crippen LogP contribution in [0.1, 0.15) is 38.8 Å². The molecule has 0 N–H and O–H groups in total. The zero-order chi connectivity index (χ0) is 41.5. The fourth-order valence-electron chi connectivity index (χ4n) is 6.41. The van der Waals surface area contributed by atoms with Gasteiger partial charge in [-0.1, -0.05) is 143 Å². The summed E-state index contributed by atoms with van der Waals surface area (Å²) in [5.74, 6) is 0. The van der Waals surface area contributed by atoms with E-state index in [1.165, 1.54) is 48.5 Å². The Morgan fingerprint density at radius 3 is 2.06 bits per heavy atom. The monoisotopic (exact) mass is 920 g/mol. The standard InChI is InChI=1S/C29H18NS.C20H28NSi.Ir/c1-3-8-20(9-4-1)22-14-15-24-25-12-7-13-26(29(25)31-28(24)19-22)27-18-23(16-17-30-27)21-10-5-2-6-11-21;1-15-8-10-16(11-9-15)18-12-17(13-20(2,3)4)19(14-21-18)22(5,6)7;/h1-12,14-19H;8-10,12,14H,13H2,1-7H3;/q2*-1;/i;1D3,13D2;. The van der Waals surface area contributed by atoms with E-state index in [0.717, 1.165) is 16.4 Å². The van der Waals surface area contributed by atoms with Gasteiger partial charge in [-0.25, -0.2) is 0 Å². The Morgan fingerprint density at radius 2 is 1.43 bits per heavy atom. The molecule has 3 aromatic heterocycles. The molecule has 0 aliphatic heterocycles. The summed E-state index contributed by atoms with van der Waals surface area (Å²) in [4.78, 5) is 9.26. The summed E-state index contributed by atoms with van der Waals surface area (Å²) in [7, 11) is -1.81. The van der Waals surface area contributed by atoms with Gasteiger partial charge in [-0.2, -0.15) is 11.3 Å². The number of nitrogens with zero attached hydrogens (tertiary/aromatic N) is 2. The smallest absolute Gasteiger partial charge is 0.0798 e. The molecule has 0 saturated carbocycles. The van der Waals surface area contributed by atoms with Gasteiger partial charge in [0, 0.05) is 44.1 Å². The van der Waals surface area contributed by atoms with Crippen LogP contribution < -0.4 is 5.19 Å². The van der Waals surface area contributed by atoms with Crippen molar-refractivity contribution in [3.8, 4) is 44.8 Å². The van der Waals surface area contributed by atoms with Gasteiger partial charge >= 0.3 is 0 Å². The van der Waals surface area contributed by atoms with Crippen LogP contribution in [0, 0.1) is 24.4 Å². The number of pyridine rings is 2. The molecule has 0 bridgehead atoms. The molecule has 2 nitrogen and oxygen atoms in total. The van der Waals surface area contributed by atoms with E-state index in [0.29, 0.717) is 16.8 Å². The topological polar surface area (TPSA) is 25.8 Å². The predicted octanol–water partition coefficient (Wildman–Crippen LogP) is 13.2. The first kappa shape index (κ1) is 32.9. The summed E-state index contributed by atoms with van der Waals surface area (Å²) >= 11 is 1.82. The van der Waals surface area contributed by atoms with E-state index in [-0.39, 0.29) is 25.7 Å². The van der Waals surface area contributed by atoms with Crippen molar-refractivity contribution < 1.29 is 27.0 Å². The summed E-state index contributed by atoms with van der Waals surface area (Å²) in [6.45, 7) is 10.1. The summed E-state index contributed by atoms with van der Waals surface area (Å²) in [5, 5.41) is 3.56. The number of hydrogen-bond donors (Lipinski definition) is 0. The first-order chi connectivity index (χ1) is 27.4. The van der Waals surface area contributed by atoms with Crippen LogP contribution in [0.5, 0.6) is 0 Å². The van der Waals surface area contributed by atoms with Crippen molar-refractivity contribution in [2.24, 2.45) is 5.41 Å². The summed E-state index contributed by atoms with van der Waals surface area (Å²) in [5.41, 5.74) is 8.48. The quantitative estimate of drug-likeness (QED) is 0.123. The van der Waals surface area contributed by atoms with E-state index in [4.69, 9.17) is 11.8 Å². The van der Waals surface area contributed by atoms with Crippen LogP contribution in [0.25, 0.3) is 64.9 Å². The molecule has 8 rings (SSSR count). The van der Waals surface area contributed by atoms with Crippen molar-refractivity contribution in [2.75, 3.05) is 0 Å². The van der Waals surface area contributed by atoms with Crippen LogP contribution in [-0.2, 0) is 26.5 Å². The molecule has 0 unspecified atom stereocenters. The van der Waals surface area contributed by atoms with Crippen LogP contribution in [0.2, 0.25) is 19.6 Å². The molecular weight excluding hydrogens is 869 g/mol. The molecule has 1 radical (unpaired) electrons. The minimum absolute atomic E-state index is 0. The molecule has 54 heavy (non-hydrogen) atoms. The maximum Gasteiger partial charge on any atom is 0.0798 e. The van der Waals surface area contributed by atoms with Gasteiger partial charge in [0.2, 0.25) is 0 Å². The molecule has 5 aromatic carbocycles. The third-order valence-corrected chi connectivity index (χ3v) is 12.2. The number of fused-ring (bicyclic) bond motifs is 3. The fraction of sp³-hybridized carbons (Fsp3) is 0.184. The van der Waals surface area contributed by atoms with Gasteiger partial charge in [0.1, 0.15) is 0 Å². The van der Waals surface area contributed by atoms with Crippen molar-refractivity contribution in [1.29, 1.82) is 0 Å².